The van der Waals surface area contributed by atoms with E-state index < -0.39 is 22.9 Å². The second-order valence-electron chi connectivity index (χ2n) is 4.95. The van der Waals surface area contributed by atoms with Gasteiger partial charge in [-0.1, -0.05) is 21.0 Å². The highest BCUT2D eigenvalue weighted by molar-refractivity contribution is 9.10. The Kier molecular flexibility index (Phi) is 4.27. The number of carbonyl (C=O) groups is 1. The number of nitrogens with zero attached hydrogens (tertiary/aromatic N) is 7. The second kappa shape index (κ2) is 6.39. The summed E-state index contributed by atoms with van der Waals surface area (Å²) in [6, 6.07) is 6.49. The predicted molar refractivity (Wildman–Crippen MR) is 89.5 cm³/mol. The molecule has 0 aliphatic rings. The summed E-state index contributed by atoms with van der Waals surface area (Å²) in [6.07, 6.45) is 0. The minimum Gasteiger partial charge on any atom is -0.288 e. The first-order valence-electron chi connectivity index (χ1n) is 6.88. The number of aryl methyl sites for hydroxylation is 2. The number of anilines is 1. The molecule has 0 radical (unpaired) electrons. The van der Waals surface area contributed by atoms with Crippen LogP contribution in [0.1, 0.15) is 10.5 Å². The van der Waals surface area contributed by atoms with E-state index in [1.165, 1.54) is 18.8 Å². The van der Waals surface area contributed by atoms with Crippen LogP contribution in [0.15, 0.2) is 38.3 Å². The fraction of sp³-hybridized carbons (Fsp3) is 0.154. The third-order valence-corrected chi connectivity index (χ3v) is 3.80. The van der Waals surface area contributed by atoms with Crippen LogP contribution >= 0.6 is 15.9 Å². The Morgan fingerprint density at radius 2 is 1.80 bits per heavy atom. The molecule has 12 heteroatoms. The number of amides is 1. The fourth-order valence-corrected chi connectivity index (χ4v) is 2.29. The van der Waals surface area contributed by atoms with Gasteiger partial charge in [0, 0.05) is 18.6 Å². The van der Waals surface area contributed by atoms with Gasteiger partial charge in [-0.15, -0.1) is 0 Å². The maximum atomic E-state index is 12.6. The Labute approximate surface area is 148 Å². The van der Waals surface area contributed by atoms with E-state index in [0.29, 0.717) is 5.69 Å². The highest BCUT2D eigenvalue weighted by Gasteiger charge is 2.21. The number of halogens is 1. The summed E-state index contributed by atoms with van der Waals surface area (Å²) in [4.78, 5) is 37.3. The average Bonchev–Trinajstić information content (AvgIpc) is 2.97. The van der Waals surface area contributed by atoms with Crippen molar-refractivity contribution in [3.63, 3.8) is 0 Å². The van der Waals surface area contributed by atoms with Gasteiger partial charge in [-0.3, -0.25) is 14.9 Å². The molecule has 0 unspecified atom stereocenters. The van der Waals surface area contributed by atoms with Crippen molar-refractivity contribution in [1.29, 1.82) is 0 Å². The van der Waals surface area contributed by atoms with Crippen molar-refractivity contribution in [2.24, 2.45) is 14.1 Å². The lowest BCUT2D eigenvalue weighted by atomic mass is 10.3. The summed E-state index contributed by atoms with van der Waals surface area (Å²) in [6.45, 7) is 0. The average molecular weight is 407 g/mol. The van der Waals surface area contributed by atoms with E-state index >= 15 is 0 Å². The van der Waals surface area contributed by atoms with Crippen molar-refractivity contribution in [1.82, 2.24) is 34.6 Å². The van der Waals surface area contributed by atoms with Crippen LogP contribution in [0.3, 0.4) is 0 Å². The number of benzene rings is 1. The van der Waals surface area contributed by atoms with Gasteiger partial charge in [-0.2, -0.15) is 5.10 Å². The summed E-state index contributed by atoms with van der Waals surface area (Å²) in [5, 5.41) is 16.7. The quantitative estimate of drug-likeness (QED) is 0.618. The number of rotatable bonds is 3. The second-order valence-corrected chi connectivity index (χ2v) is 5.87. The van der Waals surface area contributed by atoms with Gasteiger partial charge in [-0.25, -0.2) is 18.7 Å². The third-order valence-electron chi connectivity index (χ3n) is 3.27. The standard InChI is InChI=1S/C13H11BrN8O3/c1-20-12(16-18-19-20)15-10(23)9-11(24)22(13(25)21(2)17-9)8-5-3-7(14)4-6-8/h3-6H,1-2H3,(H,15,16,19,23). The molecule has 1 N–H and O–H groups in total. The van der Waals surface area contributed by atoms with Gasteiger partial charge in [0.05, 0.1) is 5.69 Å². The number of tetrazole rings is 1. The van der Waals surface area contributed by atoms with Crippen LogP contribution < -0.4 is 16.6 Å². The van der Waals surface area contributed by atoms with Gasteiger partial charge < -0.3 is 0 Å². The van der Waals surface area contributed by atoms with Crippen molar-refractivity contribution in [2.75, 3.05) is 5.32 Å². The normalized spacial score (nSPS) is 10.7. The van der Waals surface area contributed by atoms with Crippen LogP contribution in [0.5, 0.6) is 0 Å². The molecule has 0 saturated carbocycles. The molecule has 0 aliphatic carbocycles. The number of aromatic nitrogens is 7. The summed E-state index contributed by atoms with van der Waals surface area (Å²) < 4.78 is 3.77. The SMILES string of the molecule is Cn1nnnc1NC(=O)c1nn(C)c(=O)n(-c2ccc(Br)cc2)c1=O. The van der Waals surface area contributed by atoms with Crippen molar-refractivity contribution in [2.45, 2.75) is 0 Å². The molecule has 128 valence electrons. The maximum Gasteiger partial charge on any atom is 0.351 e. The smallest absolute Gasteiger partial charge is 0.288 e. The number of nitrogens with one attached hydrogen (secondary N) is 1. The van der Waals surface area contributed by atoms with E-state index in [0.717, 1.165) is 13.7 Å². The summed E-state index contributed by atoms with van der Waals surface area (Å²) in [7, 11) is 2.86. The summed E-state index contributed by atoms with van der Waals surface area (Å²) in [5.41, 5.74) is -1.68. The molecule has 1 aromatic carbocycles. The molecule has 11 nitrogen and oxygen atoms in total. The summed E-state index contributed by atoms with van der Waals surface area (Å²) in [5.74, 6) is -0.792. The molecule has 0 atom stereocenters. The molecule has 0 bridgehead atoms. The fourth-order valence-electron chi connectivity index (χ4n) is 2.03. The van der Waals surface area contributed by atoms with Crippen molar-refractivity contribution >= 4 is 27.8 Å². The molecule has 1 amide bonds. The lowest BCUT2D eigenvalue weighted by molar-refractivity contribution is 0.101. The van der Waals surface area contributed by atoms with E-state index in [4.69, 9.17) is 0 Å². The van der Waals surface area contributed by atoms with Crippen LogP contribution in [0.2, 0.25) is 0 Å². The molecule has 25 heavy (non-hydrogen) atoms. The molecule has 3 aromatic rings. The minimum atomic E-state index is -0.849. The molecule has 0 fully saturated rings. The molecule has 2 aromatic heterocycles. The Hall–Kier alpha value is -3.15. The zero-order valence-electron chi connectivity index (χ0n) is 13.0. The van der Waals surface area contributed by atoms with E-state index in [1.807, 2.05) is 0 Å². The van der Waals surface area contributed by atoms with Crippen LogP contribution in [-0.2, 0) is 14.1 Å². The van der Waals surface area contributed by atoms with Gasteiger partial charge in [0.25, 0.3) is 11.5 Å². The first-order chi connectivity index (χ1) is 11.9. The van der Waals surface area contributed by atoms with Gasteiger partial charge >= 0.3 is 5.69 Å². The molecule has 2 heterocycles. The molecular formula is C13H11BrN8O3. The van der Waals surface area contributed by atoms with Gasteiger partial charge in [-0.05, 0) is 34.7 Å². The van der Waals surface area contributed by atoms with Gasteiger partial charge in [0.1, 0.15) is 0 Å². The number of carbonyl (C=O) groups excluding carboxylic acids is 1. The molecule has 3 rings (SSSR count). The van der Waals surface area contributed by atoms with Gasteiger partial charge in [0.15, 0.2) is 0 Å². The Morgan fingerprint density at radius 3 is 2.40 bits per heavy atom. The lowest BCUT2D eigenvalue weighted by Crippen LogP contribution is -2.43. The van der Waals surface area contributed by atoms with E-state index in [1.54, 1.807) is 24.3 Å². The predicted octanol–water partition coefficient (Wildman–Crippen LogP) is -0.531. The van der Waals surface area contributed by atoms with Gasteiger partial charge in [0.2, 0.25) is 11.6 Å². The van der Waals surface area contributed by atoms with Crippen molar-refractivity contribution in [3.8, 4) is 5.69 Å². The molecule has 0 saturated heterocycles. The first kappa shape index (κ1) is 16.7. The van der Waals surface area contributed by atoms with Crippen molar-refractivity contribution < 1.29 is 4.79 Å². The third kappa shape index (κ3) is 3.10. The molecule has 0 aliphatic heterocycles. The number of hydrogen-bond acceptors (Lipinski definition) is 7. The summed E-state index contributed by atoms with van der Waals surface area (Å²) >= 11 is 3.28. The highest BCUT2D eigenvalue weighted by atomic mass is 79.9. The van der Waals surface area contributed by atoms with Crippen LogP contribution in [0.4, 0.5) is 5.95 Å². The number of hydrogen-bond donors (Lipinski definition) is 1. The topological polar surface area (TPSA) is 130 Å². The van der Waals surface area contributed by atoms with Crippen molar-refractivity contribution in [3.05, 3.63) is 55.3 Å². The van der Waals surface area contributed by atoms with E-state index in [9.17, 15) is 14.4 Å². The van der Waals surface area contributed by atoms with Crippen LogP contribution in [0.25, 0.3) is 5.69 Å². The maximum absolute atomic E-state index is 12.6. The zero-order valence-corrected chi connectivity index (χ0v) is 14.6. The highest BCUT2D eigenvalue weighted by Crippen LogP contribution is 2.11. The Bertz CT molecular complexity index is 1070. The van der Waals surface area contributed by atoms with E-state index in [-0.39, 0.29) is 5.95 Å². The van der Waals surface area contributed by atoms with Crippen LogP contribution in [0, 0.1) is 0 Å². The lowest BCUT2D eigenvalue weighted by Gasteiger charge is -2.09. The Morgan fingerprint density at radius 1 is 1.12 bits per heavy atom. The van der Waals surface area contributed by atoms with Crippen LogP contribution in [-0.4, -0.2) is 40.5 Å². The largest absolute Gasteiger partial charge is 0.351 e. The van der Waals surface area contributed by atoms with E-state index in [2.05, 4.69) is 41.9 Å². The monoisotopic (exact) mass is 406 g/mol. The minimum absolute atomic E-state index is 0.0373. The molecule has 0 spiro atoms. The molecular weight excluding hydrogens is 396 g/mol. The first-order valence-corrected chi connectivity index (χ1v) is 7.68. The Balaban J connectivity index is 2.11. The zero-order chi connectivity index (χ0) is 18.1.